The third-order valence-electron chi connectivity index (χ3n) is 3.52. The summed E-state index contributed by atoms with van der Waals surface area (Å²) in [5.74, 6) is 0.931. The van der Waals surface area contributed by atoms with E-state index in [1.165, 1.54) is 0 Å². The van der Waals surface area contributed by atoms with Gasteiger partial charge in [-0.2, -0.15) is 4.98 Å². The molecule has 1 unspecified atom stereocenters. The second-order valence-electron chi connectivity index (χ2n) is 4.77. The molecule has 0 aliphatic heterocycles. The largest absolute Gasteiger partial charge is 0.506 e. The molecule has 1 heterocycles. The molecule has 21 heavy (non-hydrogen) atoms. The molecule has 1 atom stereocenters. The Balaban J connectivity index is 2.07. The van der Waals surface area contributed by atoms with Crippen molar-refractivity contribution >= 4 is 10.8 Å². The predicted molar refractivity (Wildman–Crippen MR) is 78.9 cm³/mol. The average Bonchev–Trinajstić information content (AvgIpc) is 2.99. The number of nitrogens with zero attached hydrogens (tertiary/aromatic N) is 2. The van der Waals surface area contributed by atoms with Crippen molar-refractivity contribution in [1.82, 2.24) is 10.1 Å². The number of benzene rings is 2. The van der Waals surface area contributed by atoms with E-state index < -0.39 is 0 Å². The average molecular weight is 284 g/mol. The fraction of sp³-hybridized carbons (Fsp3) is 0.250. The number of phenols is 1. The van der Waals surface area contributed by atoms with Crippen LogP contribution in [0.4, 0.5) is 0 Å². The number of rotatable bonds is 4. The number of hydrogen-bond donors (Lipinski definition) is 1. The fourth-order valence-electron chi connectivity index (χ4n) is 2.36. The molecule has 3 aromatic rings. The summed E-state index contributed by atoms with van der Waals surface area (Å²) < 4.78 is 10.6. The van der Waals surface area contributed by atoms with Crippen molar-refractivity contribution in [2.75, 3.05) is 7.11 Å². The number of fused-ring (bicyclic) bond motifs is 1. The number of hydrogen-bond acceptors (Lipinski definition) is 5. The van der Waals surface area contributed by atoms with Crippen LogP contribution in [-0.4, -0.2) is 22.4 Å². The van der Waals surface area contributed by atoms with E-state index in [0.29, 0.717) is 17.3 Å². The van der Waals surface area contributed by atoms with Gasteiger partial charge in [0.25, 0.3) is 5.89 Å². The maximum atomic E-state index is 10.4. The standard InChI is InChI=1S/C16H16N2O3/c1-3-13(20-2)15-17-16(21-18-15)12-9-8-10-6-4-5-7-11(10)14(12)19/h4-9,13,19H,3H2,1-2H3. The summed E-state index contributed by atoms with van der Waals surface area (Å²) in [6.07, 6.45) is 0.546. The van der Waals surface area contributed by atoms with Gasteiger partial charge in [-0.25, -0.2) is 0 Å². The Morgan fingerprint density at radius 2 is 2.05 bits per heavy atom. The summed E-state index contributed by atoms with van der Waals surface area (Å²) in [7, 11) is 1.61. The molecular weight excluding hydrogens is 268 g/mol. The van der Waals surface area contributed by atoms with Crippen molar-refractivity contribution in [3.05, 3.63) is 42.2 Å². The Morgan fingerprint density at radius 3 is 2.81 bits per heavy atom. The van der Waals surface area contributed by atoms with Crippen LogP contribution in [0.5, 0.6) is 5.75 Å². The first-order valence-electron chi connectivity index (χ1n) is 6.82. The first kappa shape index (κ1) is 13.6. The van der Waals surface area contributed by atoms with E-state index in [2.05, 4.69) is 10.1 Å². The van der Waals surface area contributed by atoms with Gasteiger partial charge in [-0.05, 0) is 17.9 Å². The highest BCUT2D eigenvalue weighted by atomic mass is 16.5. The Labute approximate surface area is 122 Å². The highest BCUT2D eigenvalue weighted by molar-refractivity contribution is 5.93. The second-order valence-corrected chi connectivity index (χ2v) is 4.77. The molecule has 0 aliphatic rings. The molecule has 108 valence electrons. The lowest BCUT2D eigenvalue weighted by atomic mass is 10.1. The molecule has 1 N–H and O–H groups in total. The van der Waals surface area contributed by atoms with Crippen molar-refractivity contribution in [3.63, 3.8) is 0 Å². The zero-order valence-electron chi connectivity index (χ0n) is 11.9. The van der Waals surface area contributed by atoms with E-state index >= 15 is 0 Å². The first-order chi connectivity index (χ1) is 10.2. The highest BCUT2D eigenvalue weighted by Gasteiger charge is 2.19. The zero-order valence-corrected chi connectivity index (χ0v) is 11.9. The minimum absolute atomic E-state index is 0.147. The summed E-state index contributed by atoms with van der Waals surface area (Å²) in [6.45, 7) is 1.98. The molecule has 0 saturated heterocycles. The maximum Gasteiger partial charge on any atom is 0.261 e. The molecule has 0 spiro atoms. The van der Waals surface area contributed by atoms with E-state index in [0.717, 1.165) is 17.2 Å². The van der Waals surface area contributed by atoms with Crippen molar-refractivity contribution < 1.29 is 14.4 Å². The van der Waals surface area contributed by atoms with Gasteiger partial charge < -0.3 is 14.4 Å². The van der Waals surface area contributed by atoms with Crippen molar-refractivity contribution in [1.29, 1.82) is 0 Å². The van der Waals surface area contributed by atoms with E-state index in [1.54, 1.807) is 13.2 Å². The lowest BCUT2D eigenvalue weighted by molar-refractivity contribution is 0.0903. The van der Waals surface area contributed by atoms with Gasteiger partial charge in [-0.15, -0.1) is 0 Å². The quantitative estimate of drug-likeness (QED) is 0.791. The Morgan fingerprint density at radius 1 is 1.24 bits per heavy atom. The number of aromatic nitrogens is 2. The first-order valence-corrected chi connectivity index (χ1v) is 6.82. The Hall–Kier alpha value is -2.40. The van der Waals surface area contributed by atoms with Crippen LogP contribution in [-0.2, 0) is 4.74 Å². The van der Waals surface area contributed by atoms with E-state index in [-0.39, 0.29) is 11.9 Å². The third-order valence-corrected chi connectivity index (χ3v) is 3.52. The number of ether oxygens (including phenoxy) is 1. The van der Waals surface area contributed by atoms with Gasteiger partial charge in [0, 0.05) is 12.5 Å². The van der Waals surface area contributed by atoms with Crippen LogP contribution >= 0.6 is 0 Å². The van der Waals surface area contributed by atoms with Gasteiger partial charge in [0.05, 0.1) is 5.56 Å². The Kier molecular flexibility index (Phi) is 3.58. The Bertz CT molecular complexity index is 763. The van der Waals surface area contributed by atoms with E-state index in [1.807, 2.05) is 37.3 Å². The van der Waals surface area contributed by atoms with Gasteiger partial charge in [-0.3, -0.25) is 0 Å². The molecule has 3 rings (SSSR count). The van der Waals surface area contributed by atoms with Crippen molar-refractivity contribution in [2.45, 2.75) is 19.4 Å². The molecule has 0 bridgehead atoms. The van der Waals surface area contributed by atoms with Gasteiger partial charge in [0.15, 0.2) is 0 Å². The van der Waals surface area contributed by atoms with Crippen LogP contribution in [0.3, 0.4) is 0 Å². The monoisotopic (exact) mass is 284 g/mol. The molecule has 0 saturated carbocycles. The predicted octanol–water partition coefficient (Wildman–Crippen LogP) is 3.69. The normalized spacial score (nSPS) is 12.7. The zero-order chi connectivity index (χ0) is 14.8. The summed E-state index contributed by atoms with van der Waals surface area (Å²) in [5.41, 5.74) is 0.526. The molecule has 0 radical (unpaired) electrons. The van der Waals surface area contributed by atoms with Crippen LogP contribution in [0.2, 0.25) is 0 Å². The number of methoxy groups -OCH3 is 1. The van der Waals surface area contributed by atoms with Crippen molar-refractivity contribution in [2.24, 2.45) is 0 Å². The van der Waals surface area contributed by atoms with Crippen LogP contribution in [0.15, 0.2) is 40.9 Å². The summed E-state index contributed by atoms with van der Waals surface area (Å²) in [6, 6.07) is 11.3. The lowest BCUT2D eigenvalue weighted by Crippen LogP contribution is -2.01. The second kappa shape index (κ2) is 5.54. The molecule has 0 aliphatic carbocycles. The molecule has 5 heteroatoms. The maximum absolute atomic E-state index is 10.4. The van der Waals surface area contributed by atoms with Gasteiger partial charge >= 0.3 is 0 Å². The topological polar surface area (TPSA) is 68.4 Å². The minimum Gasteiger partial charge on any atom is -0.506 e. The molecule has 0 amide bonds. The summed E-state index contributed by atoms with van der Waals surface area (Å²) >= 11 is 0. The number of phenolic OH excluding ortho intramolecular Hbond substituents is 1. The van der Waals surface area contributed by atoms with Crippen LogP contribution < -0.4 is 0 Å². The summed E-state index contributed by atoms with van der Waals surface area (Å²) in [5, 5.41) is 16.1. The smallest absolute Gasteiger partial charge is 0.261 e. The van der Waals surface area contributed by atoms with Gasteiger partial charge in [0.2, 0.25) is 5.82 Å². The number of aromatic hydroxyl groups is 1. The summed E-state index contributed by atoms with van der Waals surface area (Å²) in [4.78, 5) is 4.33. The molecule has 2 aromatic carbocycles. The van der Waals surface area contributed by atoms with Crippen LogP contribution in [0.1, 0.15) is 25.3 Å². The van der Waals surface area contributed by atoms with E-state index in [9.17, 15) is 5.11 Å². The highest BCUT2D eigenvalue weighted by Crippen LogP contribution is 2.35. The molecular formula is C16H16N2O3. The fourth-order valence-corrected chi connectivity index (χ4v) is 2.36. The lowest BCUT2D eigenvalue weighted by Gasteiger charge is -2.06. The van der Waals surface area contributed by atoms with Crippen LogP contribution in [0, 0.1) is 0 Å². The molecule has 1 aromatic heterocycles. The van der Waals surface area contributed by atoms with E-state index in [4.69, 9.17) is 9.26 Å². The van der Waals surface area contributed by atoms with Gasteiger partial charge in [-0.1, -0.05) is 42.4 Å². The minimum atomic E-state index is -0.204. The molecule has 5 nitrogen and oxygen atoms in total. The SMILES string of the molecule is CCC(OC)c1noc(-c2ccc3ccccc3c2O)n1. The molecule has 0 fully saturated rings. The van der Waals surface area contributed by atoms with Crippen molar-refractivity contribution in [3.8, 4) is 17.2 Å². The van der Waals surface area contributed by atoms with Crippen LogP contribution in [0.25, 0.3) is 22.2 Å². The third kappa shape index (κ3) is 2.36. The van der Waals surface area contributed by atoms with Gasteiger partial charge in [0.1, 0.15) is 11.9 Å².